The Morgan fingerprint density at radius 3 is 2.50 bits per heavy atom. The summed E-state index contributed by atoms with van der Waals surface area (Å²) < 4.78 is 0. The van der Waals surface area contributed by atoms with Gasteiger partial charge in [0, 0.05) is 18.0 Å². The van der Waals surface area contributed by atoms with Crippen molar-refractivity contribution in [3.63, 3.8) is 0 Å². The second kappa shape index (κ2) is 4.80. The predicted octanol–water partition coefficient (Wildman–Crippen LogP) is 2.93. The average molecular weight is 244 g/mol. The SMILES string of the molecule is Cc1ccc(N([O-])c2cnccc2[N+](=O)[O-])cc1. The third kappa shape index (κ3) is 2.28. The van der Waals surface area contributed by atoms with Gasteiger partial charge in [-0.1, -0.05) is 17.7 Å². The van der Waals surface area contributed by atoms with Crippen LogP contribution in [0.4, 0.5) is 17.1 Å². The minimum atomic E-state index is -0.601. The number of hydrogen-bond donors (Lipinski definition) is 0. The second-order valence-corrected chi connectivity index (χ2v) is 3.75. The summed E-state index contributed by atoms with van der Waals surface area (Å²) in [5.74, 6) is 0. The molecule has 0 aliphatic carbocycles. The van der Waals surface area contributed by atoms with E-state index in [2.05, 4.69) is 4.98 Å². The zero-order valence-electron chi connectivity index (χ0n) is 9.61. The number of aromatic nitrogens is 1. The average Bonchev–Trinajstić information content (AvgIpc) is 2.39. The van der Waals surface area contributed by atoms with Crippen molar-refractivity contribution in [2.24, 2.45) is 0 Å². The molecule has 6 nitrogen and oxygen atoms in total. The summed E-state index contributed by atoms with van der Waals surface area (Å²) in [6, 6.07) is 7.96. The van der Waals surface area contributed by atoms with E-state index < -0.39 is 4.92 Å². The molecule has 2 rings (SSSR count). The Labute approximate surface area is 103 Å². The molecule has 1 aromatic carbocycles. The fraction of sp³-hybridized carbons (Fsp3) is 0.0833. The van der Waals surface area contributed by atoms with Crippen LogP contribution in [0.3, 0.4) is 0 Å². The molecule has 0 spiro atoms. The number of nitro groups is 1. The van der Waals surface area contributed by atoms with Crippen LogP contribution < -0.4 is 5.06 Å². The van der Waals surface area contributed by atoms with Gasteiger partial charge in [-0.25, -0.2) is 0 Å². The van der Waals surface area contributed by atoms with Crippen LogP contribution in [0.2, 0.25) is 0 Å². The van der Waals surface area contributed by atoms with Gasteiger partial charge >= 0.3 is 0 Å². The molecule has 6 heteroatoms. The van der Waals surface area contributed by atoms with Gasteiger partial charge in [-0.15, -0.1) is 0 Å². The molecule has 18 heavy (non-hydrogen) atoms. The Hall–Kier alpha value is -2.47. The molecule has 0 radical (unpaired) electrons. The van der Waals surface area contributed by atoms with E-state index in [1.807, 2.05) is 6.92 Å². The summed E-state index contributed by atoms with van der Waals surface area (Å²) in [5.41, 5.74) is 0.997. The zero-order chi connectivity index (χ0) is 13.1. The van der Waals surface area contributed by atoms with E-state index in [1.54, 1.807) is 24.3 Å². The number of hydrogen-bond acceptors (Lipinski definition) is 5. The lowest BCUT2D eigenvalue weighted by molar-refractivity contribution is -0.384. The first-order valence-electron chi connectivity index (χ1n) is 5.22. The molecule has 0 unspecified atom stereocenters. The normalized spacial score (nSPS) is 10.1. The van der Waals surface area contributed by atoms with E-state index in [4.69, 9.17) is 0 Å². The van der Waals surface area contributed by atoms with Crippen LogP contribution in [0, 0.1) is 22.2 Å². The Balaban J connectivity index is 2.42. The van der Waals surface area contributed by atoms with Gasteiger partial charge in [-0.3, -0.25) is 15.1 Å². The molecule has 0 atom stereocenters. The highest BCUT2D eigenvalue weighted by atomic mass is 16.6. The van der Waals surface area contributed by atoms with E-state index in [0.717, 1.165) is 5.56 Å². The molecular weight excluding hydrogens is 234 g/mol. The second-order valence-electron chi connectivity index (χ2n) is 3.75. The monoisotopic (exact) mass is 244 g/mol. The maximum absolute atomic E-state index is 12.1. The fourth-order valence-electron chi connectivity index (χ4n) is 1.51. The van der Waals surface area contributed by atoms with Gasteiger partial charge in [0.15, 0.2) is 0 Å². The summed E-state index contributed by atoms with van der Waals surface area (Å²) in [6.45, 7) is 1.89. The van der Waals surface area contributed by atoms with Gasteiger partial charge in [0.2, 0.25) is 0 Å². The number of pyridine rings is 1. The molecule has 0 fully saturated rings. The van der Waals surface area contributed by atoms with Crippen LogP contribution in [-0.2, 0) is 0 Å². The molecule has 0 amide bonds. The lowest BCUT2D eigenvalue weighted by atomic mass is 10.2. The molecular formula is C12H10N3O3-. The summed E-state index contributed by atoms with van der Waals surface area (Å²) in [7, 11) is 0. The van der Waals surface area contributed by atoms with E-state index in [9.17, 15) is 15.3 Å². The number of benzene rings is 1. The van der Waals surface area contributed by atoms with Crippen LogP contribution in [0.15, 0.2) is 42.7 Å². The smallest absolute Gasteiger partial charge is 0.295 e. The van der Waals surface area contributed by atoms with Crippen LogP contribution >= 0.6 is 0 Å². The van der Waals surface area contributed by atoms with Gasteiger partial charge < -0.3 is 10.3 Å². The molecule has 1 heterocycles. The largest absolute Gasteiger partial charge is 0.754 e. The minimum absolute atomic E-state index is 0.0775. The summed E-state index contributed by atoms with van der Waals surface area (Å²) >= 11 is 0. The minimum Gasteiger partial charge on any atom is -0.754 e. The van der Waals surface area contributed by atoms with Crippen LogP contribution in [0.25, 0.3) is 0 Å². The third-order valence-electron chi connectivity index (χ3n) is 2.46. The number of aryl methyl sites for hydroxylation is 1. The van der Waals surface area contributed by atoms with Gasteiger partial charge in [0.1, 0.15) is 5.69 Å². The Kier molecular flexibility index (Phi) is 3.20. The number of rotatable bonds is 3. The number of anilines is 2. The first-order chi connectivity index (χ1) is 8.59. The highest BCUT2D eigenvalue weighted by Crippen LogP contribution is 2.31. The molecule has 0 bridgehead atoms. The molecule has 0 aliphatic rings. The maximum Gasteiger partial charge on any atom is 0.295 e. The van der Waals surface area contributed by atoms with Crippen molar-refractivity contribution in [3.05, 3.63) is 63.6 Å². The molecule has 92 valence electrons. The fourth-order valence-corrected chi connectivity index (χ4v) is 1.51. The highest BCUT2D eigenvalue weighted by Gasteiger charge is 2.14. The van der Waals surface area contributed by atoms with Gasteiger partial charge in [0.25, 0.3) is 5.69 Å². The van der Waals surface area contributed by atoms with Crippen molar-refractivity contribution in [2.75, 3.05) is 5.06 Å². The summed E-state index contributed by atoms with van der Waals surface area (Å²) in [5, 5.41) is 23.4. The summed E-state index contributed by atoms with van der Waals surface area (Å²) in [6.07, 6.45) is 2.47. The van der Waals surface area contributed by atoms with Gasteiger partial charge in [0.05, 0.1) is 11.1 Å². The molecule has 1 aromatic heterocycles. The molecule has 0 saturated heterocycles. The molecule has 0 aliphatic heterocycles. The van der Waals surface area contributed by atoms with Crippen molar-refractivity contribution < 1.29 is 4.92 Å². The van der Waals surface area contributed by atoms with Gasteiger partial charge in [-0.2, -0.15) is 0 Å². The van der Waals surface area contributed by atoms with Crippen LogP contribution in [-0.4, -0.2) is 9.91 Å². The van der Waals surface area contributed by atoms with Crippen LogP contribution in [0.5, 0.6) is 0 Å². The first-order valence-corrected chi connectivity index (χ1v) is 5.22. The first kappa shape index (κ1) is 12.0. The highest BCUT2D eigenvalue weighted by molar-refractivity contribution is 5.71. The Bertz CT molecular complexity index is 569. The number of nitrogens with zero attached hydrogens (tertiary/aromatic N) is 3. The molecule has 2 aromatic rings. The molecule has 0 saturated carbocycles. The van der Waals surface area contributed by atoms with E-state index in [-0.39, 0.29) is 11.4 Å². The van der Waals surface area contributed by atoms with E-state index >= 15 is 0 Å². The third-order valence-corrected chi connectivity index (χ3v) is 2.46. The van der Waals surface area contributed by atoms with Gasteiger partial charge in [-0.05, 0) is 19.1 Å². The lowest BCUT2D eigenvalue weighted by Gasteiger charge is -2.29. The predicted molar refractivity (Wildman–Crippen MR) is 67.6 cm³/mol. The van der Waals surface area contributed by atoms with Crippen molar-refractivity contribution in [1.29, 1.82) is 0 Å². The maximum atomic E-state index is 12.1. The van der Waals surface area contributed by atoms with Crippen molar-refractivity contribution in [1.82, 2.24) is 4.98 Å². The Morgan fingerprint density at radius 1 is 1.22 bits per heavy atom. The lowest BCUT2D eigenvalue weighted by Crippen LogP contribution is -2.09. The standard InChI is InChI=1S/C12H10N3O3/c1-9-2-4-10(5-3-9)14(16)12-8-13-7-6-11(12)15(17)18/h2-8H,1H3/q-1. The van der Waals surface area contributed by atoms with Crippen molar-refractivity contribution in [2.45, 2.75) is 6.92 Å². The summed E-state index contributed by atoms with van der Waals surface area (Å²) in [4.78, 5) is 14.0. The van der Waals surface area contributed by atoms with Crippen LogP contribution in [0.1, 0.15) is 5.56 Å². The van der Waals surface area contributed by atoms with E-state index in [1.165, 1.54) is 18.5 Å². The quantitative estimate of drug-likeness (QED) is 0.612. The molecule has 0 N–H and O–H groups in total. The van der Waals surface area contributed by atoms with Crippen molar-refractivity contribution >= 4 is 17.1 Å². The van der Waals surface area contributed by atoms with E-state index in [0.29, 0.717) is 10.8 Å². The van der Waals surface area contributed by atoms with Crippen molar-refractivity contribution in [3.8, 4) is 0 Å². The zero-order valence-corrected chi connectivity index (χ0v) is 9.61. The topological polar surface area (TPSA) is 82.3 Å². The Morgan fingerprint density at radius 2 is 1.89 bits per heavy atom.